The summed E-state index contributed by atoms with van der Waals surface area (Å²) in [5.41, 5.74) is 2.75. The number of methoxy groups -OCH3 is 1. The van der Waals surface area contributed by atoms with Gasteiger partial charge in [-0.1, -0.05) is 42.5 Å². The number of ether oxygens (including phenoxy) is 1. The first kappa shape index (κ1) is 18.3. The molecule has 1 fully saturated rings. The molecule has 1 N–H and O–H groups in total. The lowest BCUT2D eigenvalue weighted by atomic mass is 9.99. The zero-order valence-electron chi connectivity index (χ0n) is 15.8. The Balaban J connectivity index is 1.45. The highest BCUT2D eigenvalue weighted by molar-refractivity contribution is 5.80. The van der Waals surface area contributed by atoms with Gasteiger partial charge in [-0.3, -0.25) is 4.99 Å². The van der Waals surface area contributed by atoms with Crippen LogP contribution in [0.1, 0.15) is 29.9 Å². The van der Waals surface area contributed by atoms with Crippen LogP contribution in [0.4, 0.5) is 0 Å². The molecular formula is C22H29N3O. The molecule has 0 radical (unpaired) electrons. The lowest BCUT2D eigenvalue weighted by Gasteiger charge is -2.22. The van der Waals surface area contributed by atoms with Crippen molar-refractivity contribution < 1.29 is 4.74 Å². The molecule has 1 heterocycles. The molecular weight excluding hydrogens is 322 g/mol. The topological polar surface area (TPSA) is 36.9 Å². The Hall–Kier alpha value is -2.49. The van der Waals surface area contributed by atoms with Crippen LogP contribution in [0.2, 0.25) is 0 Å². The molecule has 26 heavy (non-hydrogen) atoms. The van der Waals surface area contributed by atoms with Gasteiger partial charge in [0.05, 0.1) is 7.11 Å². The number of aryl methyl sites for hydroxylation is 1. The highest BCUT2D eigenvalue weighted by atomic mass is 16.5. The second kappa shape index (κ2) is 9.27. The van der Waals surface area contributed by atoms with Gasteiger partial charge >= 0.3 is 0 Å². The summed E-state index contributed by atoms with van der Waals surface area (Å²) in [5.74, 6) is 2.55. The molecule has 2 aromatic carbocycles. The Kier molecular flexibility index (Phi) is 6.53. The molecule has 1 aliphatic rings. The molecule has 0 aliphatic carbocycles. The third-order valence-corrected chi connectivity index (χ3v) is 5.03. The summed E-state index contributed by atoms with van der Waals surface area (Å²) < 4.78 is 5.29. The Bertz CT molecular complexity index is 714. The minimum atomic E-state index is 0.603. The van der Waals surface area contributed by atoms with Gasteiger partial charge in [-0.25, -0.2) is 0 Å². The molecule has 1 saturated heterocycles. The van der Waals surface area contributed by atoms with Crippen LogP contribution in [0.5, 0.6) is 5.75 Å². The number of likely N-dealkylation sites (tertiary alicyclic amines) is 1. The van der Waals surface area contributed by atoms with Crippen LogP contribution < -0.4 is 10.1 Å². The lowest BCUT2D eigenvalue weighted by Crippen LogP contribution is -2.40. The van der Waals surface area contributed by atoms with E-state index in [0.29, 0.717) is 5.92 Å². The fourth-order valence-electron chi connectivity index (χ4n) is 3.60. The van der Waals surface area contributed by atoms with E-state index in [1.165, 1.54) is 17.5 Å². The normalized spacial score (nSPS) is 17.4. The van der Waals surface area contributed by atoms with E-state index in [1.54, 1.807) is 7.11 Å². The van der Waals surface area contributed by atoms with Crippen LogP contribution >= 0.6 is 0 Å². The predicted molar refractivity (Wildman–Crippen MR) is 108 cm³/mol. The van der Waals surface area contributed by atoms with Gasteiger partial charge < -0.3 is 15.0 Å². The SMILES string of the molecule is CN=C(NCCCc1cccc(OC)c1)N1CCC(c2ccccc2)C1. The van der Waals surface area contributed by atoms with Crippen LogP contribution in [0, 0.1) is 0 Å². The average molecular weight is 351 g/mol. The van der Waals surface area contributed by atoms with Gasteiger partial charge in [0.1, 0.15) is 5.75 Å². The van der Waals surface area contributed by atoms with E-state index in [1.807, 2.05) is 13.1 Å². The van der Waals surface area contributed by atoms with Gasteiger partial charge in [0.25, 0.3) is 0 Å². The molecule has 3 rings (SSSR count). The number of aliphatic imine (C=N–C) groups is 1. The Morgan fingerprint density at radius 1 is 1.19 bits per heavy atom. The minimum Gasteiger partial charge on any atom is -0.497 e. The summed E-state index contributed by atoms with van der Waals surface area (Å²) >= 11 is 0. The van der Waals surface area contributed by atoms with E-state index < -0.39 is 0 Å². The third-order valence-electron chi connectivity index (χ3n) is 5.03. The second-order valence-electron chi connectivity index (χ2n) is 6.77. The smallest absolute Gasteiger partial charge is 0.193 e. The molecule has 2 aromatic rings. The molecule has 0 spiro atoms. The molecule has 0 amide bonds. The summed E-state index contributed by atoms with van der Waals surface area (Å²) in [7, 11) is 3.59. The summed E-state index contributed by atoms with van der Waals surface area (Å²) in [4.78, 5) is 6.86. The van der Waals surface area contributed by atoms with Crippen LogP contribution in [0.25, 0.3) is 0 Å². The standard InChI is InChI=1S/C22H29N3O/c1-23-22(24-14-7-9-18-8-6-12-21(16-18)26-2)25-15-13-20(17-25)19-10-4-3-5-11-19/h3-6,8,10-12,16,20H,7,9,13-15,17H2,1-2H3,(H,23,24). The van der Waals surface area contributed by atoms with Crippen molar-refractivity contribution >= 4 is 5.96 Å². The van der Waals surface area contributed by atoms with Crippen LogP contribution in [0.15, 0.2) is 59.6 Å². The molecule has 4 heteroatoms. The van der Waals surface area contributed by atoms with Crippen molar-refractivity contribution in [1.29, 1.82) is 0 Å². The summed E-state index contributed by atoms with van der Waals surface area (Å²) in [5, 5.41) is 3.53. The third kappa shape index (κ3) is 4.78. The van der Waals surface area contributed by atoms with E-state index in [2.05, 4.69) is 63.7 Å². The van der Waals surface area contributed by atoms with E-state index in [-0.39, 0.29) is 0 Å². The molecule has 4 nitrogen and oxygen atoms in total. The molecule has 0 aromatic heterocycles. The van der Waals surface area contributed by atoms with Crippen LogP contribution in [-0.2, 0) is 6.42 Å². The molecule has 1 unspecified atom stereocenters. The second-order valence-corrected chi connectivity index (χ2v) is 6.77. The van der Waals surface area contributed by atoms with Crippen molar-refractivity contribution in [2.45, 2.75) is 25.2 Å². The highest BCUT2D eigenvalue weighted by Gasteiger charge is 2.25. The maximum Gasteiger partial charge on any atom is 0.193 e. The predicted octanol–water partition coefficient (Wildman–Crippen LogP) is 3.69. The quantitative estimate of drug-likeness (QED) is 0.490. The monoisotopic (exact) mass is 351 g/mol. The molecule has 0 saturated carbocycles. The largest absolute Gasteiger partial charge is 0.497 e. The number of benzene rings is 2. The van der Waals surface area contributed by atoms with E-state index in [0.717, 1.165) is 44.2 Å². The fourth-order valence-corrected chi connectivity index (χ4v) is 3.60. The molecule has 1 atom stereocenters. The number of hydrogen-bond donors (Lipinski definition) is 1. The Morgan fingerprint density at radius 3 is 2.81 bits per heavy atom. The van der Waals surface area contributed by atoms with E-state index in [4.69, 9.17) is 4.74 Å². The Morgan fingerprint density at radius 2 is 2.04 bits per heavy atom. The number of nitrogens with zero attached hydrogens (tertiary/aromatic N) is 2. The maximum atomic E-state index is 5.29. The first-order valence-corrected chi connectivity index (χ1v) is 9.43. The Labute approximate surface area is 156 Å². The number of nitrogens with one attached hydrogen (secondary N) is 1. The average Bonchev–Trinajstić information content (AvgIpc) is 3.19. The molecule has 0 bridgehead atoms. The van der Waals surface area contributed by atoms with Crippen molar-refractivity contribution in [3.8, 4) is 5.75 Å². The maximum absolute atomic E-state index is 5.29. The van der Waals surface area contributed by atoms with E-state index in [9.17, 15) is 0 Å². The number of guanidine groups is 1. The molecule has 138 valence electrons. The van der Waals surface area contributed by atoms with Crippen molar-refractivity contribution in [3.63, 3.8) is 0 Å². The zero-order valence-corrected chi connectivity index (χ0v) is 15.8. The van der Waals surface area contributed by atoms with Gasteiger partial charge in [0.15, 0.2) is 5.96 Å². The number of hydrogen-bond acceptors (Lipinski definition) is 2. The van der Waals surface area contributed by atoms with Crippen LogP contribution in [-0.4, -0.2) is 44.7 Å². The minimum absolute atomic E-state index is 0.603. The van der Waals surface area contributed by atoms with Gasteiger partial charge in [-0.2, -0.15) is 0 Å². The van der Waals surface area contributed by atoms with Gasteiger partial charge in [-0.05, 0) is 42.5 Å². The first-order valence-electron chi connectivity index (χ1n) is 9.43. The van der Waals surface area contributed by atoms with Crippen LogP contribution in [0.3, 0.4) is 0 Å². The van der Waals surface area contributed by atoms with Gasteiger partial charge in [0.2, 0.25) is 0 Å². The van der Waals surface area contributed by atoms with Crippen molar-refractivity contribution in [2.24, 2.45) is 4.99 Å². The lowest BCUT2D eigenvalue weighted by molar-refractivity contribution is 0.414. The summed E-state index contributed by atoms with van der Waals surface area (Å²) in [6.45, 7) is 3.03. The summed E-state index contributed by atoms with van der Waals surface area (Å²) in [6.07, 6.45) is 3.30. The van der Waals surface area contributed by atoms with Gasteiger partial charge in [0, 0.05) is 32.6 Å². The molecule has 1 aliphatic heterocycles. The van der Waals surface area contributed by atoms with Crippen molar-refractivity contribution in [2.75, 3.05) is 33.8 Å². The van der Waals surface area contributed by atoms with Gasteiger partial charge in [-0.15, -0.1) is 0 Å². The van der Waals surface area contributed by atoms with Crippen molar-refractivity contribution in [3.05, 3.63) is 65.7 Å². The fraction of sp³-hybridized carbons (Fsp3) is 0.409. The zero-order chi connectivity index (χ0) is 18.2. The first-order chi connectivity index (χ1) is 12.8. The van der Waals surface area contributed by atoms with Crippen molar-refractivity contribution in [1.82, 2.24) is 10.2 Å². The summed E-state index contributed by atoms with van der Waals surface area (Å²) in [6, 6.07) is 19.1. The van der Waals surface area contributed by atoms with E-state index >= 15 is 0 Å². The number of rotatable bonds is 6. The highest BCUT2D eigenvalue weighted by Crippen LogP contribution is 2.26.